The van der Waals surface area contributed by atoms with Gasteiger partial charge in [0.1, 0.15) is 0 Å². The van der Waals surface area contributed by atoms with E-state index in [-0.39, 0.29) is 18.4 Å². The number of benzene rings is 1. The van der Waals surface area contributed by atoms with Gasteiger partial charge in [-0.15, -0.1) is 11.3 Å². The maximum atomic E-state index is 12.4. The molecule has 7 heteroatoms. The predicted molar refractivity (Wildman–Crippen MR) is 99.9 cm³/mol. The lowest BCUT2D eigenvalue weighted by Crippen LogP contribution is -2.39. The number of aromatic nitrogens is 1. The third-order valence-electron chi connectivity index (χ3n) is 4.15. The van der Waals surface area contributed by atoms with E-state index < -0.39 is 0 Å². The molecule has 6 nitrogen and oxygen atoms in total. The first-order valence-corrected chi connectivity index (χ1v) is 9.33. The van der Waals surface area contributed by atoms with Crippen LogP contribution in [-0.4, -0.2) is 34.9 Å². The number of para-hydroxylation sites is 1. The molecule has 1 atom stereocenters. The Hall–Kier alpha value is -2.41. The molecule has 1 aliphatic heterocycles. The van der Waals surface area contributed by atoms with E-state index in [0.29, 0.717) is 22.4 Å². The number of hydrogen-bond donors (Lipinski definition) is 2. The number of carbonyl (C=O) groups excluding carboxylic acids is 2. The first-order chi connectivity index (χ1) is 12.1. The molecule has 1 aromatic heterocycles. The molecule has 3 amide bonds. The van der Waals surface area contributed by atoms with Crippen molar-refractivity contribution < 1.29 is 9.59 Å². The largest absolute Gasteiger partial charge is 0.342 e. The SMILES string of the molecule is CC1CCCN(C(=O)Cc2csc(NC(=O)Nc3ccccc3)n2)C1. The third-order valence-corrected chi connectivity index (χ3v) is 4.95. The van der Waals surface area contributed by atoms with E-state index in [4.69, 9.17) is 0 Å². The van der Waals surface area contributed by atoms with E-state index in [0.717, 1.165) is 19.5 Å². The molecule has 132 valence electrons. The van der Waals surface area contributed by atoms with Crippen molar-refractivity contribution in [3.63, 3.8) is 0 Å². The number of anilines is 2. The first kappa shape index (κ1) is 17.4. The Labute approximate surface area is 151 Å². The van der Waals surface area contributed by atoms with Crippen molar-refractivity contribution in [2.45, 2.75) is 26.2 Å². The molecule has 1 unspecified atom stereocenters. The van der Waals surface area contributed by atoms with Crippen LogP contribution >= 0.6 is 11.3 Å². The molecule has 0 saturated carbocycles. The molecule has 2 heterocycles. The lowest BCUT2D eigenvalue weighted by atomic mass is 10.00. The molecule has 0 spiro atoms. The molecular weight excluding hydrogens is 336 g/mol. The number of rotatable bonds is 4. The third kappa shape index (κ3) is 5.03. The summed E-state index contributed by atoms with van der Waals surface area (Å²) in [6.45, 7) is 3.83. The molecular formula is C18H22N4O2S. The molecule has 1 saturated heterocycles. The van der Waals surface area contributed by atoms with Crippen molar-refractivity contribution in [1.82, 2.24) is 9.88 Å². The monoisotopic (exact) mass is 358 g/mol. The molecule has 1 aliphatic rings. The summed E-state index contributed by atoms with van der Waals surface area (Å²) in [5.41, 5.74) is 1.41. The number of likely N-dealkylation sites (tertiary alicyclic amines) is 1. The van der Waals surface area contributed by atoms with Gasteiger partial charge in [0.15, 0.2) is 5.13 Å². The number of carbonyl (C=O) groups is 2. The summed E-state index contributed by atoms with van der Waals surface area (Å²) in [5, 5.41) is 7.75. The van der Waals surface area contributed by atoms with Crippen LogP contribution in [0.25, 0.3) is 0 Å². The van der Waals surface area contributed by atoms with Gasteiger partial charge in [-0.1, -0.05) is 25.1 Å². The van der Waals surface area contributed by atoms with Crippen molar-refractivity contribution in [1.29, 1.82) is 0 Å². The topological polar surface area (TPSA) is 74.3 Å². The van der Waals surface area contributed by atoms with Gasteiger partial charge >= 0.3 is 6.03 Å². The Morgan fingerprint density at radius 2 is 2.08 bits per heavy atom. The molecule has 0 radical (unpaired) electrons. The number of amides is 3. The number of hydrogen-bond acceptors (Lipinski definition) is 4. The average Bonchev–Trinajstić information content (AvgIpc) is 3.02. The van der Waals surface area contributed by atoms with Crippen molar-refractivity contribution in [3.8, 4) is 0 Å². The summed E-state index contributed by atoms with van der Waals surface area (Å²) < 4.78 is 0. The van der Waals surface area contributed by atoms with E-state index in [1.807, 2.05) is 40.6 Å². The van der Waals surface area contributed by atoms with E-state index in [9.17, 15) is 9.59 Å². The molecule has 1 aromatic carbocycles. The minimum absolute atomic E-state index is 0.108. The fourth-order valence-corrected chi connectivity index (χ4v) is 3.61. The fourth-order valence-electron chi connectivity index (χ4n) is 2.91. The summed E-state index contributed by atoms with van der Waals surface area (Å²) in [4.78, 5) is 30.6. The fraction of sp³-hybridized carbons (Fsp3) is 0.389. The highest BCUT2D eigenvalue weighted by Gasteiger charge is 2.21. The molecule has 3 rings (SSSR count). The van der Waals surface area contributed by atoms with E-state index in [2.05, 4.69) is 22.5 Å². The molecule has 0 aliphatic carbocycles. The maximum absolute atomic E-state index is 12.4. The second-order valence-corrected chi connectivity index (χ2v) is 7.21. The highest BCUT2D eigenvalue weighted by atomic mass is 32.1. The quantitative estimate of drug-likeness (QED) is 0.877. The molecule has 2 aromatic rings. The number of piperidine rings is 1. The van der Waals surface area contributed by atoms with Crippen LogP contribution in [0.4, 0.5) is 15.6 Å². The predicted octanol–water partition coefficient (Wildman–Crippen LogP) is 3.59. The van der Waals surface area contributed by atoms with Crippen LogP contribution in [0.3, 0.4) is 0 Å². The Balaban J connectivity index is 1.51. The van der Waals surface area contributed by atoms with Crippen LogP contribution in [0.2, 0.25) is 0 Å². The van der Waals surface area contributed by atoms with Gasteiger partial charge in [-0.05, 0) is 30.9 Å². The number of nitrogens with zero attached hydrogens (tertiary/aromatic N) is 2. The van der Waals surface area contributed by atoms with Crippen molar-refractivity contribution in [2.75, 3.05) is 23.7 Å². The number of urea groups is 1. The summed E-state index contributed by atoms with van der Waals surface area (Å²) in [5.74, 6) is 0.671. The molecule has 2 N–H and O–H groups in total. The van der Waals surface area contributed by atoms with Gasteiger partial charge in [-0.3, -0.25) is 10.1 Å². The molecule has 1 fully saturated rings. The smallest absolute Gasteiger partial charge is 0.325 e. The standard InChI is InChI=1S/C18H22N4O2S/c1-13-6-5-9-22(11-13)16(23)10-15-12-25-18(20-15)21-17(24)19-14-7-3-2-4-8-14/h2-4,7-8,12-13H,5-6,9-11H2,1H3,(H2,19,20,21,24). The zero-order valence-corrected chi connectivity index (χ0v) is 15.0. The van der Waals surface area contributed by atoms with E-state index in [1.54, 1.807) is 0 Å². The lowest BCUT2D eigenvalue weighted by molar-refractivity contribution is -0.132. The summed E-state index contributed by atoms with van der Waals surface area (Å²) in [6.07, 6.45) is 2.53. The Morgan fingerprint density at radius 3 is 2.84 bits per heavy atom. The normalized spacial score (nSPS) is 17.2. The van der Waals surface area contributed by atoms with Gasteiger partial charge in [-0.2, -0.15) is 0 Å². The Kier molecular flexibility index (Phi) is 5.65. The van der Waals surface area contributed by atoms with Crippen LogP contribution in [0.5, 0.6) is 0 Å². The van der Waals surface area contributed by atoms with Gasteiger partial charge in [0, 0.05) is 24.2 Å². The highest BCUT2D eigenvalue weighted by Crippen LogP contribution is 2.19. The van der Waals surface area contributed by atoms with E-state index in [1.165, 1.54) is 17.8 Å². The Morgan fingerprint density at radius 1 is 1.28 bits per heavy atom. The first-order valence-electron chi connectivity index (χ1n) is 8.45. The second kappa shape index (κ2) is 8.11. The van der Waals surface area contributed by atoms with Crippen molar-refractivity contribution in [3.05, 3.63) is 41.4 Å². The summed E-state index contributed by atoms with van der Waals surface area (Å²) >= 11 is 1.32. The van der Waals surface area contributed by atoms with E-state index >= 15 is 0 Å². The average molecular weight is 358 g/mol. The maximum Gasteiger partial charge on any atom is 0.325 e. The number of nitrogens with one attached hydrogen (secondary N) is 2. The van der Waals surface area contributed by atoms with Crippen molar-refractivity contribution in [2.24, 2.45) is 5.92 Å². The van der Waals surface area contributed by atoms with Crippen LogP contribution in [0, 0.1) is 5.92 Å². The van der Waals surface area contributed by atoms with Gasteiger partial charge in [0.2, 0.25) is 5.91 Å². The molecule has 0 bridgehead atoms. The minimum atomic E-state index is -0.344. The molecule has 25 heavy (non-hydrogen) atoms. The van der Waals surface area contributed by atoms with Crippen molar-refractivity contribution >= 4 is 34.1 Å². The van der Waals surface area contributed by atoms with Crippen LogP contribution < -0.4 is 10.6 Å². The highest BCUT2D eigenvalue weighted by molar-refractivity contribution is 7.14. The zero-order chi connectivity index (χ0) is 17.6. The van der Waals surface area contributed by atoms with Crippen LogP contribution in [0.15, 0.2) is 35.7 Å². The van der Waals surface area contributed by atoms with Gasteiger partial charge < -0.3 is 10.2 Å². The number of thiazole rings is 1. The van der Waals surface area contributed by atoms with Gasteiger partial charge in [-0.25, -0.2) is 9.78 Å². The van der Waals surface area contributed by atoms with Gasteiger partial charge in [0.25, 0.3) is 0 Å². The lowest BCUT2D eigenvalue weighted by Gasteiger charge is -2.30. The second-order valence-electron chi connectivity index (χ2n) is 6.35. The van der Waals surface area contributed by atoms with Crippen LogP contribution in [0.1, 0.15) is 25.5 Å². The summed E-state index contributed by atoms with van der Waals surface area (Å²) in [7, 11) is 0. The minimum Gasteiger partial charge on any atom is -0.342 e. The zero-order valence-electron chi connectivity index (χ0n) is 14.2. The van der Waals surface area contributed by atoms with Crippen LogP contribution in [-0.2, 0) is 11.2 Å². The Bertz CT molecular complexity index is 732. The van der Waals surface area contributed by atoms with Gasteiger partial charge in [0.05, 0.1) is 12.1 Å². The summed E-state index contributed by atoms with van der Waals surface area (Å²) in [6, 6.07) is 8.87.